The van der Waals surface area contributed by atoms with Crippen molar-refractivity contribution in [3.05, 3.63) is 60.2 Å². The van der Waals surface area contributed by atoms with Crippen LogP contribution < -0.4 is 5.32 Å². The molecule has 0 aromatic heterocycles. The Hall–Kier alpha value is -2.79. The Bertz CT molecular complexity index is 845. The largest absolute Gasteiger partial charge is 0.325 e. The molecule has 1 amide bonds. The fourth-order valence-electron chi connectivity index (χ4n) is 3.46. The molecule has 5 nitrogen and oxygen atoms in total. The van der Waals surface area contributed by atoms with E-state index in [0.29, 0.717) is 12.1 Å². The van der Waals surface area contributed by atoms with Gasteiger partial charge in [0.05, 0.1) is 18.2 Å². The minimum atomic E-state index is -0.229. The van der Waals surface area contributed by atoms with E-state index in [2.05, 4.69) is 10.3 Å². The van der Waals surface area contributed by atoms with Crippen molar-refractivity contribution in [2.24, 2.45) is 10.9 Å². The summed E-state index contributed by atoms with van der Waals surface area (Å²) in [5, 5.41) is 2.89. The summed E-state index contributed by atoms with van der Waals surface area (Å²) in [5.41, 5.74) is 3.19. The fraction of sp³-hybridized carbons (Fsp3) is 0.250. The lowest BCUT2D eigenvalue weighted by Gasteiger charge is -2.34. The molecular weight excluding hydrogens is 314 g/mol. The van der Waals surface area contributed by atoms with Crippen LogP contribution in [-0.2, 0) is 4.79 Å². The zero-order chi connectivity index (χ0) is 17.2. The van der Waals surface area contributed by atoms with Gasteiger partial charge in [0.15, 0.2) is 5.78 Å². The number of Topliss-reactive ketones (excluding diaryl/α,β-unsaturated/α-hetero) is 1. The number of hydrogen-bond donors (Lipinski definition) is 1. The van der Waals surface area contributed by atoms with Crippen molar-refractivity contribution < 1.29 is 9.59 Å². The highest BCUT2D eigenvalue weighted by atomic mass is 16.2. The van der Waals surface area contributed by atoms with Crippen molar-refractivity contribution in [1.82, 2.24) is 4.90 Å². The summed E-state index contributed by atoms with van der Waals surface area (Å²) in [6.07, 6.45) is 0.726. The molecule has 126 valence electrons. The lowest BCUT2D eigenvalue weighted by Crippen LogP contribution is -2.47. The van der Waals surface area contributed by atoms with Gasteiger partial charge in [0, 0.05) is 30.1 Å². The second kappa shape index (κ2) is 6.61. The summed E-state index contributed by atoms with van der Waals surface area (Å²) in [6.45, 7) is 1.58. The summed E-state index contributed by atoms with van der Waals surface area (Å²) >= 11 is 0. The molecule has 1 saturated heterocycles. The predicted molar refractivity (Wildman–Crippen MR) is 97.5 cm³/mol. The van der Waals surface area contributed by atoms with Crippen LogP contribution in [0.3, 0.4) is 0 Å². The molecule has 0 bridgehead atoms. The van der Waals surface area contributed by atoms with Crippen LogP contribution in [0.2, 0.25) is 0 Å². The lowest BCUT2D eigenvalue weighted by molar-refractivity contribution is -0.117. The maximum Gasteiger partial charge on any atom is 0.238 e. The molecule has 2 aliphatic heterocycles. The number of rotatable bonds is 3. The van der Waals surface area contributed by atoms with E-state index >= 15 is 0 Å². The highest BCUT2D eigenvalue weighted by molar-refractivity contribution is 6.18. The van der Waals surface area contributed by atoms with Crippen molar-refractivity contribution in [3.8, 4) is 0 Å². The third-order valence-electron chi connectivity index (χ3n) is 4.70. The molecule has 4 rings (SSSR count). The molecule has 0 spiro atoms. The van der Waals surface area contributed by atoms with Crippen LogP contribution in [0.25, 0.3) is 0 Å². The third kappa shape index (κ3) is 3.23. The standard InChI is InChI=1S/C20H19N3O2/c24-19(21-14-6-2-1-3-7-14)13-23-11-10-18-16(12-23)20(25)15-8-4-5-9-17(15)22-18/h1-9,16H,10-13H2,(H,21,24). The van der Waals surface area contributed by atoms with Crippen LogP contribution in [0, 0.1) is 5.92 Å². The molecular formula is C20H19N3O2. The molecule has 1 fully saturated rings. The second-order valence-corrected chi connectivity index (χ2v) is 6.44. The summed E-state index contributed by atoms with van der Waals surface area (Å²) in [7, 11) is 0. The first-order valence-electron chi connectivity index (χ1n) is 8.48. The number of benzene rings is 2. The number of ketones is 1. The summed E-state index contributed by atoms with van der Waals surface area (Å²) < 4.78 is 0. The number of anilines is 1. The van der Waals surface area contributed by atoms with Gasteiger partial charge in [-0.1, -0.05) is 30.3 Å². The molecule has 1 atom stereocenters. The van der Waals surface area contributed by atoms with Crippen LogP contribution in [-0.4, -0.2) is 41.9 Å². The van der Waals surface area contributed by atoms with Crippen LogP contribution in [0.5, 0.6) is 0 Å². The lowest BCUT2D eigenvalue weighted by atomic mass is 9.85. The zero-order valence-corrected chi connectivity index (χ0v) is 13.8. The summed E-state index contributed by atoms with van der Waals surface area (Å²) in [5.74, 6) is -0.169. The Kier molecular flexibility index (Phi) is 4.15. The van der Waals surface area contributed by atoms with Crippen molar-refractivity contribution in [2.45, 2.75) is 6.42 Å². The van der Waals surface area contributed by atoms with Gasteiger partial charge in [-0.05, 0) is 30.7 Å². The number of amides is 1. The Morgan fingerprint density at radius 1 is 1.12 bits per heavy atom. The van der Waals surface area contributed by atoms with E-state index in [4.69, 9.17) is 0 Å². The van der Waals surface area contributed by atoms with E-state index < -0.39 is 0 Å². The van der Waals surface area contributed by atoms with Crippen molar-refractivity contribution >= 4 is 28.8 Å². The number of carbonyl (C=O) groups excluding carboxylic acids is 2. The second-order valence-electron chi connectivity index (χ2n) is 6.44. The van der Waals surface area contributed by atoms with E-state index in [1.165, 1.54) is 0 Å². The number of carbonyl (C=O) groups is 2. The van der Waals surface area contributed by atoms with Crippen LogP contribution >= 0.6 is 0 Å². The van der Waals surface area contributed by atoms with Gasteiger partial charge >= 0.3 is 0 Å². The van der Waals surface area contributed by atoms with E-state index in [0.717, 1.165) is 30.1 Å². The fourth-order valence-corrected chi connectivity index (χ4v) is 3.46. The van der Waals surface area contributed by atoms with Gasteiger partial charge in [0.25, 0.3) is 0 Å². The maximum atomic E-state index is 12.8. The SMILES string of the molecule is O=C(CN1CCC2=Nc3ccccc3C(=O)C2C1)Nc1ccccc1. The zero-order valence-electron chi connectivity index (χ0n) is 13.8. The van der Waals surface area contributed by atoms with E-state index in [1.807, 2.05) is 59.5 Å². The Morgan fingerprint density at radius 3 is 2.72 bits per heavy atom. The highest BCUT2D eigenvalue weighted by Gasteiger charge is 2.35. The summed E-state index contributed by atoms with van der Waals surface area (Å²) in [6, 6.07) is 16.9. The van der Waals surface area contributed by atoms with Crippen molar-refractivity contribution in [1.29, 1.82) is 0 Å². The molecule has 2 aliphatic rings. The molecule has 0 saturated carbocycles. The Morgan fingerprint density at radius 2 is 1.88 bits per heavy atom. The molecule has 0 radical (unpaired) electrons. The van der Waals surface area contributed by atoms with Gasteiger partial charge in [-0.3, -0.25) is 19.5 Å². The third-order valence-corrected chi connectivity index (χ3v) is 4.70. The average Bonchev–Trinajstić information content (AvgIpc) is 2.63. The first-order chi connectivity index (χ1) is 12.2. The van der Waals surface area contributed by atoms with Crippen LogP contribution in [0.15, 0.2) is 59.6 Å². The number of fused-ring (bicyclic) bond motifs is 2. The number of aliphatic imine (C=N–C) groups is 1. The first kappa shape index (κ1) is 15.7. The van der Waals surface area contributed by atoms with Gasteiger partial charge < -0.3 is 5.32 Å². The molecule has 2 aromatic rings. The Labute approximate surface area is 146 Å². The number of nitrogens with zero attached hydrogens (tertiary/aromatic N) is 2. The van der Waals surface area contributed by atoms with Crippen molar-refractivity contribution in [3.63, 3.8) is 0 Å². The topological polar surface area (TPSA) is 61.8 Å². The summed E-state index contributed by atoms with van der Waals surface area (Å²) in [4.78, 5) is 31.7. The van der Waals surface area contributed by atoms with E-state index in [9.17, 15) is 9.59 Å². The smallest absolute Gasteiger partial charge is 0.238 e. The molecule has 25 heavy (non-hydrogen) atoms. The highest BCUT2D eigenvalue weighted by Crippen LogP contribution is 2.31. The molecule has 0 aliphatic carbocycles. The first-order valence-corrected chi connectivity index (χ1v) is 8.48. The van der Waals surface area contributed by atoms with E-state index in [1.54, 1.807) is 0 Å². The molecule has 1 N–H and O–H groups in total. The quantitative estimate of drug-likeness (QED) is 0.939. The number of likely N-dealkylation sites (tertiary alicyclic amines) is 1. The van der Waals surface area contributed by atoms with Gasteiger partial charge in [0.1, 0.15) is 0 Å². The van der Waals surface area contributed by atoms with Gasteiger partial charge in [-0.25, -0.2) is 0 Å². The molecule has 5 heteroatoms. The predicted octanol–water partition coefficient (Wildman–Crippen LogP) is 2.92. The molecule has 2 heterocycles. The minimum Gasteiger partial charge on any atom is -0.325 e. The van der Waals surface area contributed by atoms with E-state index in [-0.39, 0.29) is 24.2 Å². The Balaban J connectivity index is 1.43. The number of nitrogens with one attached hydrogen (secondary N) is 1. The number of para-hydroxylation sites is 2. The number of piperidine rings is 1. The van der Waals surface area contributed by atoms with Gasteiger partial charge in [-0.15, -0.1) is 0 Å². The number of hydrogen-bond acceptors (Lipinski definition) is 4. The maximum absolute atomic E-state index is 12.8. The van der Waals surface area contributed by atoms with Crippen molar-refractivity contribution in [2.75, 3.05) is 25.0 Å². The van der Waals surface area contributed by atoms with Crippen LogP contribution in [0.1, 0.15) is 16.8 Å². The monoisotopic (exact) mass is 333 g/mol. The average molecular weight is 333 g/mol. The molecule has 2 aromatic carbocycles. The molecule has 1 unspecified atom stereocenters. The minimum absolute atomic E-state index is 0.0600. The van der Waals surface area contributed by atoms with Gasteiger partial charge in [0.2, 0.25) is 5.91 Å². The van der Waals surface area contributed by atoms with Crippen LogP contribution in [0.4, 0.5) is 11.4 Å². The van der Waals surface area contributed by atoms with Gasteiger partial charge in [-0.2, -0.15) is 0 Å². The normalized spacial score (nSPS) is 19.6.